The molecule has 1 amide bonds. The monoisotopic (exact) mass is 339 g/mol. The van der Waals surface area contributed by atoms with Crippen molar-refractivity contribution in [2.75, 3.05) is 25.0 Å². The van der Waals surface area contributed by atoms with Crippen LogP contribution in [0.1, 0.15) is 32.6 Å². The lowest BCUT2D eigenvalue weighted by Crippen LogP contribution is -2.29. The van der Waals surface area contributed by atoms with Crippen molar-refractivity contribution in [2.24, 2.45) is 5.92 Å². The number of hydrogen-bond acceptors (Lipinski definition) is 3. The molecule has 1 aliphatic heterocycles. The van der Waals surface area contributed by atoms with Crippen molar-refractivity contribution in [1.29, 1.82) is 0 Å². The average Bonchev–Trinajstić information content (AvgIpc) is 2.61. The number of halogens is 1. The predicted octanol–water partition coefficient (Wildman–Crippen LogP) is 3.29. The number of nitrogens with zero attached hydrogens (tertiary/aromatic N) is 2. The number of anilines is 1. The van der Waals surface area contributed by atoms with Crippen LogP contribution >= 0.6 is 15.9 Å². The van der Waals surface area contributed by atoms with Gasteiger partial charge in [0.1, 0.15) is 5.82 Å². The fraction of sp³-hybridized carbons (Fsp3) is 0.600. The van der Waals surface area contributed by atoms with E-state index >= 15 is 0 Å². The molecular weight excluding hydrogens is 318 g/mol. The van der Waals surface area contributed by atoms with E-state index in [1.54, 1.807) is 6.20 Å². The van der Waals surface area contributed by atoms with Crippen molar-refractivity contribution >= 4 is 27.7 Å². The number of likely N-dealkylation sites (tertiary alicyclic amines) is 1. The van der Waals surface area contributed by atoms with Gasteiger partial charge in [0.2, 0.25) is 5.91 Å². The summed E-state index contributed by atoms with van der Waals surface area (Å²) in [6.45, 7) is 5.39. The third kappa shape index (κ3) is 5.21. The number of aromatic nitrogens is 1. The van der Waals surface area contributed by atoms with E-state index in [4.69, 9.17) is 0 Å². The molecule has 20 heavy (non-hydrogen) atoms. The number of rotatable bonds is 4. The maximum atomic E-state index is 11.9. The van der Waals surface area contributed by atoms with Gasteiger partial charge in [-0.05, 0) is 50.4 Å². The van der Waals surface area contributed by atoms with Gasteiger partial charge in [0.25, 0.3) is 0 Å². The summed E-state index contributed by atoms with van der Waals surface area (Å²) >= 11 is 3.37. The maximum absolute atomic E-state index is 11.9. The zero-order chi connectivity index (χ0) is 14.4. The molecule has 1 fully saturated rings. The summed E-state index contributed by atoms with van der Waals surface area (Å²) in [5.74, 6) is 1.46. The molecule has 1 aliphatic rings. The van der Waals surface area contributed by atoms with Crippen molar-refractivity contribution in [1.82, 2.24) is 9.88 Å². The second-order valence-electron chi connectivity index (χ2n) is 5.54. The van der Waals surface area contributed by atoms with Crippen LogP contribution in [0, 0.1) is 5.92 Å². The molecule has 4 nitrogen and oxygen atoms in total. The third-order valence-corrected chi connectivity index (χ3v) is 4.25. The Morgan fingerprint density at radius 1 is 1.50 bits per heavy atom. The smallest absolute Gasteiger partial charge is 0.226 e. The SMILES string of the molecule is CC1CCCN(CCC(=O)Nc2cc(Br)ccn2)CC1. The molecule has 0 spiro atoms. The molecule has 2 rings (SSSR count). The largest absolute Gasteiger partial charge is 0.311 e. The Hall–Kier alpha value is -0.940. The van der Waals surface area contributed by atoms with Gasteiger partial charge in [0.15, 0.2) is 0 Å². The average molecular weight is 340 g/mol. The molecule has 1 aromatic heterocycles. The Morgan fingerprint density at radius 3 is 3.15 bits per heavy atom. The van der Waals surface area contributed by atoms with Gasteiger partial charge >= 0.3 is 0 Å². The third-order valence-electron chi connectivity index (χ3n) is 3.75. The molecule has 5 heteroatoms. The van der Waals surface area contributed by atoms with Gasteiger partial charge in [-0.15, -0.1) is 0 Å². The number of carbonyl (C=O) groups excluding carboxylic acids is 1. The number of pyridine rings is 1. The minimum atomic E-state index is 0.0351. The summed E-state index contributed by atoms with van der Waals surface area (Å²) in [6.07, 6.45) is 6.01. The lowest BCUT2D eigenvalue weighted by atomic mass is 10.0. The molecule has 1 saturated heterocycles. The van der Waals surface area contributed by atoms with Gasteiger partial charge in [0.05, 0.1) is 0 Å². The Balaban J connectivity index is 1.74. The molecule has 110 valence electrons. The van der Waals surface area contributed by atoms with Gasteiger partial charge in [-0.1, -0.05) is 22.9 Å². The van der Waals surface area contributed by atoms with E-state index in [2.05, 4.69) is 38.1 Å². The maximum Gasteiger partial charge on any atom is 0.226 e. The van der Waals surface area contributed by atoms with Crippen LogP contribution in [0.2, 0.25) is 0 Å². The first-order chi connectivity index (χ1) is 9.63. The summed E-state index contributed by atoms with van der Waals surface area (Å²) in [5.41, 5.74) is 0. The van der Waals surface area contributed by atoms with Crippen LogP contribution in [0.25, 0.3) is 0 Å². The molecule has 0 radical (unpaired) electrons. The topological polar surface area (TPSA) is 45.2 Å². The summed E-state index contributed by atoms with van der Waals surface area (Å²) in [7, 11) is 0. The van der Waals surface area contributed by atoms with Crippen LogP contribution in [0.4, 0.5) is 5.82 Å². The first-order valence-electron chi connectivity index (χ1n) is 7.27. The second kappa shape index (κ2) is 7.74. The fourth-order valence-electron chi connectivity index (χ4n) is 2.48. The molecule has 1 aromatic rings. The molecule has 0 saturated carbocycles. The van der Waals surface area contributed by atoms with Gasteiger partial charge in [-0.3, -0.25) is 4.79 Å². The second-order valence-corrected chi connectivity index (χ2v) is 6.45. The first-order valence-corrected chi connectivity index (χ1v) is 8.06. The Morgan fingerprint density at radius 2 is 2.35 bits per heavy atom. The first kappa shape index (κ1) is 15.4. The predicted molar refractivity (Wildman–Crippen MR) is 84.6 cm³/mol. The van der Waals surface area contributed by atoms with Gasteiger partial charge in [0, 0.05) is 23.6 Å². The molecular formula is C15H22BrN3O. The van der Waals surface area contributed by atoms with Gasteiger partial charge < -0.3 is 10.2 Å². The fourth-order valence-corrected chi connectivity index (χ4v) is 2.82. The molecule has 1 atom stereocenters. The van der Waals surface area contributed by atoms with Crippen molar-refractivity contribution in [2.45, 2.75) is 32.6 Å². The quantitative estimate of drug-likeness (QED) is 0.915. The number of amides is 1. The zero-order valence-corrected chi connectivity index (χ0v) is 13.5. The van der Waals surface area contributed by atoms with E-state index in [9.17, 15) is 4.79 Å². The Bertz CT molecular complexity index is 452. The molecule has 0 aromatic carbocycles. The van der Waals surface area contributed by atoms with E-state index < -0.39 is 0 Å². The van der Waals surface area contributed by atoms with E-state index in [0.717, 1.165) is 30.0 Å². The lowest BCUT2D eigenvalue weighted by Gasteiger charge is -2.19. The minimum absolute atomic E-state index is 0.0351. The van der Waals surface area contributed by atoms with Crippen molar-refractivity contribution in [3.8, 4) is 0 Å². The molecule has 1 N–H and O–H groups in total. The van der Waals surface area contributed by atoms with E-state index in [1.807, 2.05) is 12.1 Å². The van der Waals surface area contributed by atoms with E-state index in [-0.39, 0.29) is 5.91 Å². The number of nitrogens with one attached hydrogen (secondary N) is 1. The van der Waals surface area contributed by atoms with Crippen LogP contribution < -0.4 is 5.32 Å². The van der Waals surface area contributed by atoms with Crippen LogP contribution in [0.3, 0.4) is 0 Å². The van der Waals surface area contributed by atoms with Crippen LogP contribution in [0.15, 0.2) is 22.8 Å². The summed E-state index contributed by atoms with van der Waals surface area (Å²) in [4.78, 5) is 18.4. The Labute approximate surface area is 129 Å². The van der Waals surface area contributed by atoms with Crippen molar-refractivity contribution in [3.63, 3.8) is 0 Å². The highest BCUT2D eigenvalue weighted by Crippen LogP contribution is 2.17. The normalized spacial score (nSPS) is 20.4. The van der Waals surface area contributed by atoms with Crippen LogP contribution in [0.5, 0.6) is 0 Å². The van der Waals surface area contributed by atoms with Crippen molar-refractivity contribution in [3.05, 3.63) is 22.8 Å². The highest BCUT2D eigenvalue weighted by atomic mass is 79.9. The van der Waals surface area contributed by atoms with E-state index in [0.29, 0.717) is 12.2 Å². The van der Waals surface area contributed by atoms with Crippen molar-refractivity contribution < 1.29 is 4.79 Å². The van der Waals surface area contributed by atoms with Crippen LogP contribution in [-0.2, 0) is 4.79 Å². The highest BCUT2D eigenvalue weighted by molar-refractivity contribution is 9.10. The Kier molecular flexibility index (Phi) is 5.98. The summed E-state index contributed by atoms with van der Waals surface area (Å²) in [5, 5.41) is 2.84. The summed E-state index contributed by atoms with van der Waals surface area (Å²) < 4.78 is 0.921. The standard InChI is InChI=1S/C15H22BrN3O/c1-12-3-2-8-19(9-5-12)10-6-15(20)18-14-11-13(16)4-7-17-14/h4,7,11-12H,2-3,5-6,8-10H2,1H3,(H,17,18,20). The van der Waals surface area contributed by atoms with Crippen LogP contribution in [-0.4, -0.2) is 35.4 Å². The lowest BCUT2D eigenvalue weighted by molar-refractivity contribution is -0.116. The minimum Gasteiger partial charge on any atom is -0.311 e. The van der Waals surface area contributed by atoms with Gasteiger partial charge in [-0.2, -0.15) is 0 Å². The number of carbonyl (C=O) groups is 1. The van der Waals surface area contributed by atoms with Gasteiger partial charge in [-0.25, -0.2) is 4.98 Å². The number of hydrogen-bond donors (Lipinski definition) is 1. The summed E-state index contributed by atoms with van der Waals surface area (Å²) in [6, 6.07) is 3.65. The molecule has 0 aliphatic carbocycles. The molecule has 1 unspecified atom stereocenters. The molecule has 2 heterocycles. The highest BCUT2D eigenvalue weighted by Gasteiger charge is 2.14. The zero-order valence-electron chi connectivity index (χ0n) is 11.9. The molecule has 0 bridgehead atoms. The van der Waals surface area contributed by atoms with E-state index in [1.165, 1.54) is 19.3 Å².